The highest BCUT2D eigenvalue weighted by Crippen LogP contribution is 2.14. The van der Waals surface area contributed by atoms with Crippen molar-refractivity contribution in [2.45, 2.75) is 123 Å². The predicted octanol–water partition coefficient (Wildman–Crippen LogP) is 7.02. The van der Waals surface area contributed by atoms with Crippen LogP contribution in [0.3, 0.4) is 0 Å². The molecule has 0 atom stereocenters. The van der Waals surface area contributed by atoms with Gasteiger partial charge in [0.25, 0.3) is 0 Å². The topological polar surface area (TPSA) is 43.4 Å². The summed E-state index contributed by atoms with van der Waals surface area (Å²) in [6, 6.07) is 0. The van der Waals surface area contributed by atoms with E-state index in [0.717, 1.165) is 44.4 Å². The van der Waals surface area contributed by atoms with Crippen molar-refractivity contribution in [3.8, 4) is 0 Å². The van der Waals surface area contributed by atoms with Gasteiger partial charge in [-0.2, -0.15) is 0 Å². The van der Waals surface area contributed by atoms with Gasteiger partial charge in [-0.15, -0.1) is 0 Å². The van der Waals surface area contributed by atoms with Crippen LogP contribution in [0.4, 0.5) is 0 Å². The number of hydrogen-bond donors (Lipinski definition) is 0. The average molecular weight is 369 g/mol. The van der Waals surface area contributed by atoms with Crippen LogP contribution in [0.1, 0.15) is 123 Å². The summed E-state index contributed by atoms with van der Waals surface area (Å²) < 4.78 is 4.63. The molecule has 0 rings (SSSR count). The molecule has 0 aliphatic heterocycles. The summed E-state index contributed by atoms with van der Waals surface area (Å²) in [6.45, 7) is 4.53. The van der Waals surface area contributed by atoms with Gasteiger partial charge in [-0.1, -0.05) is 84.5 Å². The van der Waals surface area contributed by atoms with Gasteiger partial charge < -0.3 is 4.74 Å². The number of esters is 1. The molecule has 0 saturated carbocycles. The van der Waals surface area contributed by atoms with E-state index in [1.807, 2.05) is 0 Å². The fraction of sp³-hybridized carbons (Fsp3) is 0.913. The molecule has 3 heteroatoms. The first-order valence-electron chi connectivity index (χ1n) is 11.1. The van der Waals surface area contributed by atoms with Gasteiger partial charge in [-0.3, -0.25) is 9.59 Å². The number of methoxy groups -OCH3 is 1. The number of hydrogen-bond acceptors (Lipinski definition) is 3. The summed E-state index contributed by atoms with van der Waals surface area (Å²) in [5, 5.41) is 0. The SMILES string of the molecule is COC(=O)CCCCCCCCCCCCC(=O)CCCCCC(C)C. The molecule has 0 aliphatic carbocycles. The van der Waals surface area contributed by atoms with Crippen molar-refractivity contribution in [2.24, 2.45) is 5.92 Å². The lowest BCUT2D eigenvalue weighted by Gasteiger charge is -2.05. The van der Waals surface area contributed by atoms with E-state index >= 15 is 0 Å². The van der Waals surface area contributed by atoms with E-state index in [9.17, 15) is 9.59 Å². The van der Waals surface area contributed by atoms with E-state index in [0.29, 0.717) is 12.2 Å². The second-order valence-electron chi connectivity index (χ2n) is 8.14. The van der Waals surface area contributed by atoms with Crippen LogP contribution in [-0.4, -0.2) is 18.9 Å². The van der Waals surface area contributed by atoms with E-state index in [1.165, 1.54) is 71.3 Å². The van der Waals surface area contributed by atoms with Crippen molar-refractivity contribution in [2.75, 3.05) is 7.11 Å². The molecule has 0 radical (unpaired) electrons. The first-order chi connectivity index (χ1) is 12.6. The van der Waals surface area contributed by atoms with Crippen LogP contribution in [0.5, 0.6) is 0 Å². The van der Waals surface area contributed by atoms with Crippen LogP contribution in [0, 0.1) is 5.92 Å². The molecule has 0 saturated heterocycles. The third kappa shape index (κ3) is 19.5. The van der Waals surface area contributed by atoms with Crippen molar-refractivity contribution < 1.29 is 14.3 Å². The highest BCUT2D eigenvalue weighted by atomic mass is 16.5. The molecule has 0 aromatic heterocycles. The highest BCUT2D eigenvalue weighted by molar-refractivity contribution is 5.78. The van der Waals surface area contributed by atoms with Crippen molar-refractivity contribution in [3.05, 3.63) is 0 Å². The first kappa shape index (κ1) is 25.1. The van der Waals surface area contributed by atoms with Crippen LogP contribution in [0.25, 0.3) is 0 Å². The zero-order valence-electron chi connectivity index (χ0n) is 17.8. The van der Waals surface area contributed by atoms with Gasteiger partial charge >= 0.3 is 5.97 Å². The fourth-order valence-electron chi connectivity index (χ4n) is 3.28. The average Bonchev–Trinajstić information content (AvgIpc) is 2.61. The molecule has 0 fully saturated rings. The fourth-order valence-corrected chi connectivity index (χ4v) is 3.28. The largest absolute Gasteiger partial charge is 0.469 e. The molecule has 154 valence electrons. The van der Waals surface area contributed by atoms with Crippen molar-refractivity contribution in [3.63, 3.8) is 0 Å². The summed E-state index contributed by atoms with van der Waals surface area (Å²) in [5.74, 6) is 1.17. The first-order valence-corrected chi connectivity index (χ1v) is 11.1. The summed E-state index contributed by atoms with van der Waals surface area (Å²) in [5.41, 5.74) is 0. The van der Waals surface area contributed by atoms with Crippen molar-refractivity contribution >= 4 is 11.8 Å². The molecule has 0 unspecified atom stereocenters. The molecule has 0 amide bonds. The van der Waals surface area contributed by atoms with Gasteiger partial charge in [-0.05, 0) is 25.2 Å². The number of carbonyl (C=O) groups is 2. The van der Waals surface area contributed by atoms with E-state index in [-0.39, 0.29) is 5.97 Å². The van der Waals surface area contributed by atoms with Gasteiger partial charge in [0.2, 0.25) is 0 Å². The monoisotopic (exact) mass is 368 g/mol. The zero-order chi connectivity index (χ0) is 19.5. The normalized spacial score (nSPS) is 11.1. The number of ketones is 1. The molecule has 0 aromatic rings. The highest BCUT2D eigenvalue weighted by Gasteiger charge is 2.03. The maximum Gasteiger partial charge on any atom is 0.305 e. The molecule has 0 aromatic carbocycles. The lowest BCUT2D eigenvalue weighted by molar-refractivity contribution is -0.140. The molecule has 26 heavy (non-hydrogen) atoms. The minimum absolute atomic E-state index is 0.0883. The minimum Gasteiger partial charge on any atom is -0.469 e. The van der Waals surface area contributed by atoms with Gasteiger partial charge in [0.05, 0.1) is 7.11 Å². The third-order valence-corrected chi connectivity index (χ3v) is 5.05. The summed E-state index contributed by atoms with van der Waals surface area (Å²) in [4.78, 5) is 22.8. The number of ether oxygens (including phenoxy) is 1. The molecule has 0 heterocycles. The molecule has 0 bridgehead atoms. The second kappa shape index (κ2) is 18.9. The second-order valence-corrected chi connectivity index (χ2v) is 8.14. The van der Waals surface area contributed by atoms with Gasteiger partial charge in [-0.25, -0.2) is 0 Å². The Labute approximate surface area is 162 Å². The van der Waals surface area contributed by atoms with E-state index in [2.05, 4.69) is 18.6 Å². The molecular formula is C23H44O3. The summed E-state index contributed by atoms with van der Waals surface area (Å²) in [7, 11) is 1.45. The molecule has 0 aliphatic rings. The van der Waals surface area contributed by atoms with Gasteiger partial charge in [0.1, 0.15) is 5.78 Å². The maximum absolute atomic E-state index is 11.8. The number of rotatable bonds is 19. The van der Waals surface area contributed by atoms with Gasteiger partial charge in [0, 0.05) is 19.3 Å². The molecule has 0 spiro atoms. The standard InChI is InChI=1S/C23H44O3/c1-21(2)17-13-12-15-19-22(24)18-14-10-8-6-4-5-7-9-11-16-20-23(25)26-3/h21H,4-20H2,1-3H3. The van der Waals surface area contributed by atoms with E-state index in [1.54, 1.807) is 0 Å². The smallest absolute Gasteiger partial charge is 0.305 e. The zero-order valence-corrected chi connectivity index (χ0v) is 17.8. The third-order valence-electron chi connectivity index (χ3n) is 5.05. The number of Topliss-reactive ketones (excluding diaryl/α,β-unsaturated/α-hetero) is 1. The lowest BCUT2D eigenvalue weighted by atomic mass is 10.0. The predicted molar refractivity (Wildman–Crippen MR) is 110 cm³/mol. The van der Waals surface area contributed by atoms with E-state index in [4.69, 9.17) is 0 Å². The van der Waals surface area contributed by atoms with Crippen LogP contribution in [0.2, 0.25) is 0 Å². The van der Waals surface area contributed by atoms with Crippen molar-refractivity contribution in [1.82, 2.24) is 0 Å². The Morgan fingerprint density at radius 2 is 1.00 bits per heavy atom. The number of unbranched alkanes of at least 4 members (excludes halogenated alkanes) is 11. The quantitative estimate of drug-likeness (QED) is 0.182. The Balaban J connectivity index is 3.18. The summed E-state index contributed by atoms with van der Waals surface area (Å²) >= 11 is 0. The molecule has 3 nitrogen and oxygen atoms in total. The Bertz CT molecular complexity index is 336. The molecule has 0 N–H and O–H groups in total. The summed E-state index contributed by atoms with van der Waals surface area (Å²) in [6.07, 6.45) is 19.1. The van der Waals surface area contributed by atoms with Crippen LogP contribution < -0.4 is 0 Å². The number of carbonyl (C=O) groups excluding carboxylic acids is 2. The van der Waals surface area contributed by atoms with Crippen LogP contribution >= 0.6 is 0 Å². The molecular weight excluding hydrogens is 324 g/mol. The van der Waals surface area contributed by atoms with Crippen LogP contribution in [0.15, 0.2) is 0 Å². The minimum atomic E-state index is -0.0883. The van der Waals surface area contributed by atoms with Crippen molar-refractivity contribution in [1.29, 1.82) is 0 Å². The Morgan fingerprint density at radius 3 is 1.42 bits per heavy atom. The Morgan fingerprint density at radius 1 is 0.615 bits per heavy atom. The van der Waals surface area contributed by atoms with E-state index < -0.39 is 0 Å². The Kier molecular flexibility index (Phi) is 18.3. The maximum atomic E-state index is 11.8. The van der Waals surface area contributed by atoms with Crippen LogP contribution in [-0.2, 0) is 14.3 Å². The lowest BCUT2D eigenvalue weighted by Crippen LogP contribution is -1.99. The van der Waals surface area contributed by atoms with Gasteiger partial charge in [0.15, 0.2) is 0 Å². The Hall–Kier alpha value is -0.860.